The molecule has 0 saturated carbocycles. The quantitative estimate of drug-likeness (QED) is 0.417. The predicted molar refractivity (Wildman–Crippen MR) is 85.1 cm³/mol. The van der Waals surface area contributed by atoms with Gasteiger partial charge in [-0.25, -0.2) is 0 Å². The largest absolute Gasteiger partial charge is 0.0622 e. The Labute approximate surface area is 119 Å². The SMILES string of the molecule is c1ccc2ccc(-c3ccc4cccc-4cc3)c-2cc1. The van der Waals surface area contributed by atoms with Crippen molar-refractivity contribution in [2.75, 3.05) is 0 Å². The molecule has 0 radical (unpaired) electrons. The summed E-state index contributed by atoms with van der Waals surface area (Å²) in [5.41, 5.74) is 7.74. The zero-order valence-electron chi connectivity index (χ0n) is 11.1. The van der Waals surface area contributed by atoms with E-state index in [4.69, 9.17) is 0 Å². The molecule has 4 rings (SSSR count). The van der Waals surface area contributed by atoms with Crippen molar-refractivity contribution in [2.45, 2.75) is 0 Å². The lowest BCUT2D eigenvalue weighted by Crippen LogP contribution is -1.73. The minimum atomic E-state index is 1.27. The molecule has 0 amide bonds. The van der Waals surface area contributed by atoms with Crippen molar-refractivity contribution in [3.8, 4) is 33.4 Å². The third-order valence-corrected chi connectivity index (χ3v) is 3.87. The molecule has 4 aliphatic carbocycles. The van der Waals surface area contributed by atoms with Gasteiger partial charge in [-0.15, -0.1) is 0 Å². The molecule has 4 aliphatic rings. The van der Waals surface area contributed by atoms with Crippen LogP contribution in [0.15, 0.2) is 84.9 Å². The van der Waals surface area contributed by atoms with Crippen molar-refractivity contribution >= 4 is 0 Å². The van der Waals surface area contributed by atoms with Crippen LogP contribution in [0, 0.1) is 0 Å². The molecule has 0 saturated heterocycles. The first-order valence-electron chi connectivity index (χ1n) is 6.89. The van der Waals surface area contributed by atoms with Gasteiger partial charge in [0, 0.05) is 0 Å². The van der Waals surface area contributed by atoms with Crippen LogP contribution >= 0.6 is 0 Å². The van der Waals surface area contributed by atoms with Crippen molar-refractivity contribution in [1.29, 1.82) is 0 Å². The van der Waals surface area contributed by atoms with E-state index in [1.165, 1.54) is 33.4 Å². The van der Waals surface area contributed by atoms with Crippen molar-refractivity contribution in [3.05, 3.63) is 84.9 Å². The first-order chi connectivity index (χ1) is 9.92. The topological polar surface area (TPSA) is 0 Å². The summed E-state index contributed by atoms with van der Waals surface area (Å²) in [6, 6.07) is 30.3. The molecule has 0 aromatic rings. The van der Waals surface area contributed by atoms with Gasteiger partial charge >= 0.3 is 0 Å². The van der Waals surface area contributed by atoms with Crippen molar-refractivity contribution in [1.82, 2.24) is 0 Å². The van der Waals surface area contributed by atoms with Crippen molar-refractivity contribution in [2.24, 2.45) is 0 Å². The third-order valence-electron chi connectivity index (χ3n) is 3.87. The molecule has 20 heavy (non-hydrogen) atoms. The zero-order valence-corrected chi connectivity index (χ0v) is 11.1. The summed E-state index contributed by atoms with van der Waals surface area (Å²) in [7, 11) is 0. The highest BCUT2D eigenvalue weighted by Crippen LogP contribution is 2.35. The van der Waals surface area contributed by atoms with Crippen LogP contribution in [-0.4, -0.2) is 0 Å². The van der Waals surface area contributed by atoms with Gasteiger partial charge in [-0.1, -0.05) is 84.9 Å². The molecule has 0 unspecified atom stereocenters. The third kappa shape index (κ3) is 1.78. The smallest absolute Gasteiger partial charge is 0.0105 e. The van der Waals surface area contributed by atoms with Gasteiger partial charge in [-0.2, -0.15) is 0 Å². The monoisotopic (exact) mass is 254 g/mol. The molecule has 94 valence electrons. The van der Waals surface area contributed by atoms with Gasteiger partial charge in [0.15, 0.2) is 0 Å². The maximum atomic E-state index is 2.21. The number of fused-ring (bicyclic) bond motifs is 2. The Hall–Kier alpha value is -2.60. The van der Waals surface area contributed by atoms with E-state index in [2.05, 4.69) is 84.9 Å². The van der Waals surface area contributed by atoms with Crippen LogP contribution in [0.5, 0.6) is 0 Å². The molecule has 0 aliphatic heterocycles. The van der Waals surface area contributed by atoms with Crippen LogP contribution in [-0.2, 0) is 0 Å². The molecule has 0 aromatic carbocycles. The second-order valence-corrected chi connectivity index (χ2v) is 5.09. The van der Waals surface area contributed by atoms with Gasteiger partial charge in [0.1, 0.15) is 0 Å². The summed E-state index contributed by atoms with van der Waals surface area (Å²) in [6.07, 6.45) is 0. The Kier molecular flexibility index (Phi) is 2.53. The summed E-state index contributed by atoms with van der Waals surface area (Å²) < 4.78 is 0. The van der Waals surface area contributed by atoms with Crippen LogP contribution in [0.25, 0.3) is 33.4 Å². The van der Waals surface area contributed by atoms with Gasteiger partial charge in [-0.05, 0) is 33.4 Å². The molecular formula is C20H14. The lowest BCUT2D eigenvalue weighted by atomic mass is 10.0. The highest BCUT2D eigenvalue weighted by Gasteiger charge is 2.09. The van der Waals surface area contributed by atoms with E-state index >= 15 is 0 Å². The number of hydrogen-bond donors (Lipinski definition) is 0. The van der Waals surface area contributed by atoms with Crippen LogP contribution in [0.2, 0.25) is 0 Å². The average Bonchev–Trinajstić information content (AvgIpc) is 2.94. The fraction of sp³-hybridized carbons (Fsp3) is 0. The minimum absolute atomic E-state index is 1.27. The normalized spacial score (nSPS) is 11.0. The summed E-state index contributed by atoms with van der Waals surface area (Å²) >= 11 is 0. The fourth-order valence-electron chi connectivity index (χ4n) is 2.81. The van der Waals surface area contributed by atoms with Crippen LogP contribution in [0.4, 0.5) is 0 Å². The van der Waals surface area contributed by atoms with Crippen LogP contribution < -0.4 is 0 Å². The molecule has 0 heterocycles. The molecule has 0 bridgehead atoms. The standard InChI is InChI=1S/C20H14/c1-2-5-17-13-14-20(19(17)8-3-1)18-11-9-15-6-4-7-16(15)10-12-18/h1-14H. The molecule has 0 spiro atoms. The highest BCUT2D eigenvalue weighted by molar-refractivity contribution is 5.86. The van der Waals surface area contributed by atoms with Gasteiger partial charge in [0.25, 0.3) is 0 Å². The van der Waals surface area contributed by atoms with E-state index in [0.29, 0.717) is 0 Å². The number of rotatable bonds is 1. The Morgan fingerprint density at radius 1 is 0.300 bits per heavy atom. The molecule has 0 fully saturated rings. The van der Waals surface area contributed by atoms with Crippen molar-refractivity contribution < 1.29 is 0 Å². The minimum Gasteiger partial charge on any atom is -0.0622 e. The van der Waals surface area contributed by atoms with Crippen LogP contribution in [0.3, 0.4) is 0 Å². The predicted octanol–water partition coefficient (Wildman–Crippen LogP) is 5.56. The first-order valence-corrected chi connectivity index (χ1v) is 6.89. The second kappa shape index (κ2) is 4.50. The van der Waals surface area contributed by atoms with E-state index in [-0.39, 0.29) is 0 Å². The maximum Gasteiger partial charge on any atom is -0.0105 e. The highest BCUT2D eigenvalue weighted by atomic mass is 14.1. The van der Waals surface area contributed by atoms with Gasteiger partial charge in [0.2, 0.25) is 0 Å². The first kappa shape index (κ1) is 11.2. The Balaban J connectivity index is 1.92. The lowest BCUT2D eigenvalue weighted by Gasteiger charge is -1.99. The van der Waals surface area contributed by atoms with Gasteiger partial charge < -0.3 is 0 Å². The summed E-state index contributed by atoms with van der Waals surface area (Å²) in [5.74, 6) is 0. The molecular weight excluding hydrogens is 240 g/mol. The fourth-order valence-corrected chi connectivity index (χ4v) is 2.81. The Bertz CT molecular complexity index is 782. The zero-order chi connectivity index (χ0) is 13.4. The lowest BCUT2D eigenvalue weighted by molar-refractivity contribution is 1.74. The van der Waals surface area contributed by atoms with E-state index in [1.807, 2.05) is 0 Å². The van der Waals surface area contributed by atoms with Crippen LogP contribution in [0.1, 0.15) is 0 Å². The van der Waals surface area contributed by atoms with Gasteiger partial charge in [0.05, 0.1) is 0 Å². The van der Waals surface area contributed by atoms with Gasteiger partial charge in [-0.3, -0.25) is 0 Å². The number of hydrogen-bond acceptors (Lipinski definition) is 0. The van der Waals surface area contributed by atoms with E-state index < -0.39 is 0 Å². The molecule has 0 nitrogen and oxygen atoms in total. The summed E-state index contributed by atoms with van der Waals surface area (Å²) in [4.78, 5) is 0. The molecule has 0 N–H and O–H groups in total. The van der Waals surface area contributed by atoms with E-state index in [1.54, 1.807) is 0 Å². The second-order valence-electron chi connectivity index (χ2n) is 5.09. The molecule has 0 aromatic heterocycles. The van der Waals surface area contributed by atoms with E-state index in [9.17, 15) is 0 Å². The van der Waals surface area contributed by atoms with E-state index in [0.717, 1.165) is 0 Å². The summed E-state index contributed by atoms with van der Waals surface area (Å²) in [6.45, 7) is 0. The Morgan fingerprint density at radius 3 is 1.60 bits per heavy atom. The summed E-state index contributed by atoms with van der Waals surface area (Å²) in [5, 5.41) is 0. The average molecular weight is 254 g/mol. The maximum absolute atomic E-state index is 2.21. The Morgan fingerprint density at radius 2 is 0.800 bits per heavy atom. The molecule has 0 heteroatoms. The van der Waals surface area contributed by atoms with Crippen molar-refractivity contribution in [3.63, 3.8) is 0 Å². The molecule has 0 atom stereocenters.